The lowest BCUT2D eigenvalue weighted by molar-refractivity contribution is -0.122. The van der Waals surface area contributed by atoms with Crippen LogP contribution in [0.25, 0.3) is 6.08 Å². The Kier molecular flexibility index (Phi) is 7.38. The molecule has 8 nitrogen and oxygen atoms in total. The molecule has 0 atom stereocenters. The Balaban J connectivity index is 1.54. The van der Waals surface area contributed by atoms with Crippen LogP contribution in [0.1, 0.15) is 11.1 Å². The van der Waals surface area contributed by atoms with Gasteiger partial charge in [0.1, 0.15) is 11.3 Å². The third-order valence-electron chi connectivity index (χ3n) is 5.20. The molecule has 0 aromatic heterocycles. The molecule has 3 aromatic rings. The predicted octanol–water partition coefficient (Wildman–Crippen LogP) is 4.99. The minimum absolute atomic E-state index is 0.209. The van der Waals surface area contributed by atoms with Gasteiger partial charge in [0, 0.05) is 21.3 Å². The van der Waals surface area contributed by atoms with Crippen molar-refractivity contribution in [2.75, 3.05) is 16.8 Å². The number of benzene rings is 3. The molecular weight excluding hydrogens is 505 g/mol. The van der Waals surface area contributed by atoms with Crippen molar-refractivity contribution >= 4 is 64.4 Å². The van der Waals surface area contributed by atoms with Crippen LogP contribution >= 0.6 is 23.2 Å². The van der Waals surface area contributed by atoms with Crippen LogP contribution in [-0.4, -0.2) is 30.4 Å². The van der Waals surface area contributed by atoms with Crippen LogP contribution in [-0.2, 0) is 14.4 Å². The summed E-state index contributed by atoms with van der Waals surface area (Å²) in [6.45, 7) is 1.52. The fourth-order valence-electron chi connectivity index (χ4n) is 3.40. The fraction of sp³-hybridized carbons (Fsp3) is 0.0769. The number of para-hydroxylation sites is 1. The molecule has 36 heavy (non-hydrogen) atoms. The number of hydrogen-bond donors (Lipinski definition) is 2. The number of halogens is 2. The van der Waals surface area contributed by atoms with E-state index in [1.807, 2.05) is 6.92 Å². The molecule has 0 saturated carbocycles. The molecule has 5 amide bonds. The summed E-state index contributed by atoms with van der Waals surface area (Å²) in [5.41, 5.74) is 1.68. The van der Waals surface area contributed by atoms with Crippen LogP contribution in [0.2, 0.25) is 10.0 Å². The second kappa shape index (κ2) is 10.6. The van der Waals surface area contributed by atoms with Crippen LogP contribution in [0, 0.1) is 6.92 Å². The fourth-order valence-corrected chi connectivity index (χ4v) is 3.77. The van der Waals surface area contributed by atoms with Crippen LogP contribution in [0.4, 0.5) is 16.2 Å². The molecule has 2 N–H and O–H groups in total. The van der Waals surface area contributed by atoms with Crippen molar-refractivity contribution in [3.8, 4) is 5.75 Å². The number of amides is 5. The Labute approximate surface area is 216 Å². The molecule has 0 unspecified atom stereocenters. The van der Waals surface area contributed by atoms with E-state index in [0.717, 1.165) is 10.5 Å². The van der Waals surface area contributed by atoms with Gasteiger partial charge in [0.25, 0.3) is 17.7 Å². The third-order valence-corrected chi connectivity index (χ3v) is 5.84. The van der Waals surface area contributed by atoms with Gasteiger partial charge in [-0.3, -0.25) is 19.7 Å². The monoisotopic (exact) mass is 523 g/mol. The number of anilines is 2. The number of aryl methyl sites for hydroxylation is 1. The summed E-state index contributed by atoms with van der Waals surface area (Å²) in [6, 6.07) is 16.9. The number of imide groups is 2. The van der Waals surface area contributed by atoms with Gasteiger partial charge in [0.15, 0.2) is 6.61 Å². The first-order chi connectivity index (χ1) is 17.2. The number of carbonyl (C=O) groups excluding carboxylic acids is 4. The molecule has 10 heteroatoms. The second-order valence-electron chi connectivity index (χ2n) is 7.78. The van der Waals surface area contributed by atoms with Crippen LogP contribution in [0.5, 0.6) is 5.75 Å². The SMILES string of the molecule is Cc1ccc(NC(=O)COc2ccccc2/C=C2\C(=O)NC(=O)N(c3cccc(Cl)c3)C2=O)cc1Cl. The van der Waals surface area contributed by atoms with Gasteiger partial charge in [-0.15, -0.1) is 0 Å². The van der Waals surface area contributed by atoms with E-state index in [-0.39, 0.29) is 23.6 Å². The minimum atomic E-state index is -0.887. The van der Waals surface area contributed by atoms with Crippen molar-refractivity contribution in [3.63, 3.8) is 0 Å². The molecular formula is C26H19Cl2N3O5. The first-order valence-electron chi connectivity index (χ1n) is 10.7. The predicted molar refractivity (Wildman–Crippen MR) is 137 cm³/mol. The summed E-state index contributed by atoms with van der Waals surface area (Å²) < 4.78 is 5.65. The molecule has 3 aromatic carbocycles. The maximum absolute atomic E-state index is 13.1. The maximum Gasteiger partial charge on any atom is 0.335 e. The average Bonchev–Trinajstić information content (AvgIpc) is 2.83. The molecule has 0 bridgehead atoms. The molecule has 4 rings (SSSR count). The Morgan fingerprint density at radius 3 is 2.56 bits per heavy atom. The summed E-state index contributed by atoms with van der Waals surface area (Å²) in [4.78, 5) is 51.2. The summed E-state index contributed by atoms with van der Waals surface area (Å²) in [5, 5.41) is 5.68. The minimum Gasteiger partial charge on any atom is -0.483 e. The molecule has 1 saturated heterocycles. The van der Waals surface area contributed by atoms with Crippen LogP contribution < -0.4 is 20.3 Å². The van der Waals surface area contributed by atoms with Gasteiger partial charge < -0.3 is 10.1 Å². The molecule has 182 valence electrons. The normalized spacial score (nSPS) is 14.6. The zero-order valence-corrected chi connectivity index (χ0v) is 20.4. The third kappa shape index (κ3) is 5.56. The molecule has 0 aliphatic carbocycles. The van der Waals surface area contributed by atoms with E-state index in [1.165, 1.54) is 18.2 Å². The molecule has 1 heterocycles. The zero-order chi connectivity index (χ0) is 25.8. The van der Waals surface area contributed by atoms with Gasteiger partial charge in [0.05, 0.1) is 5.69 Å². The molecule has 1 aliphatic rings. The van der Waals surface area contributed by atoms with Gasteiger partial charge in [-0.25, -0.2) is 9.69 Å². The zero-order valence-electron chi connectivity index (χ0n) is 18.9. The van der Waals surface area contributed by atoms with E-state index in [4.69, 9.17) is 27.9 Å². The highest BCUT2D eigenvalue weighted by Crippen LogP contribution is 2.27. The van der Waals surface area contributed by atoms with E-state index < -0.39 is 23.8 Å². The highest BCUT2D eigenvalue weighted by atomic mass is 35.5. The molecule has 1 aliphatic heterocycles. The quantitative estimate of drug-likeness (QED) is 0.350. The summed E-state index contributed by atoms with van der Waals surface area (Å²) in [7, 11) is 0. The molecule has 0 spiro atoms. The number of ether oxygens (including phenoxy) is 1. The average molecular weight is 524 g/mol. The molecule has 0 radical (unpaired) electrons. The summed E-state index contributed by atoms with van der Waals surface area (Å²) in [5.74, 6) is -1.85. The van der Waals surface area contributed by atoms with Crippen molar-refractivity contribution in [1.82, 2.24) is 5.32 Å². The van der Waals surface area contributed by atoms with Crippen molar-refractivity contribution in [3.05, 3.63) is 93.5 Å². The van der Waals surface area contributed by atoms with Gasteiger partial charge in [-0.2, -0.15) is 0 Å². The van der Waals surface area contributed by atoms with Crippen molar-refractivity contribution in [2.24, 2.45) is 0 Å². The standard InChI is InChI=1S/C26H19Cl2N3O5/c1-15-9-10-18(13-21(15)28)29-23(32)14-36-22-8-3-2-5-16(22)11-20-24(33)30-26(35)31(25(20)34)19-7-4-6-17(27)12-19/h2-13H,14H2,1H3,(H,29,32)(H,30,33,35)/b20-11+. The van der Waals surface area contributed by atoms with E-state index >= 15 is 0 Å². The number of nitrogens with one attached hydrogen (secondary N) is 2. The lowest BCUT2D eigenvalue weighted by Gasteiger charge is -2.26. The topological polar surface area (TPSA) is 105 Å². The first-order valence-corrected chi connectivity index (χ1v) is 11.4. The van der Waals surface area contributed by atoms with Gasteiger partial charge in [-0.05, 0) is 55.0 Å². The van der Waals surface area contributed by atoms with Crippen molar-refractivity contribution < 1.29 is 23.9 Å². The van der Waals surface area contributed by atoms with Gasteiger partial charge >= 0.3 is 6.03 Å². The Hall–Kier alpha value is -4.14. The smallest absolute Gasteiger partial charge is 0.335 e. The number of hydrogen-bond acceptors (Lipinski definition) is 5. The first kappa shape index (κ1) is 25.0. The van der Waals surface area contributed by atoms with E-state index in [2.05, 4.69) is 10.6 Å². The Bertz CT molecular complexity index is 1420. The van der Waals surface area contributed by atoms with Gasteiger partial charge in [-0.1, -0.05) is 53.5 Å². The Morgan fingerprint density at radius 2 is 1.81 bits per heavy atom. The van der Waals surface area contributed by atoms with E-state index in [0.29, 0.717) is 21.3 Å². The summed E-state index contributed by atoms with van der Waals surface area (Å²) >= 11 is 12.1. The largest absolute Gasteiger partial charge is 0.483 e. The number of barbiturate groups is 1. The maximum atomic E-state index is 13.1. The molecule has 1 fully saturated rings. The van der Waals surface area contributed by atoms with Crippen molar-refractivity contribution in [2.45, 2.75) is 6.92 Å². The van der Waals surface area contributed by atoms with E-state index in [1.54, 1.807) is 54.6 Å². The summed E-state index contributed by atoms with van der Waals surface area (Å²) in [6.07, 6.45) is 1.30. The highest BCUT2D eigenvalue weighted by Gasteiger charge is 2.37. The second-order valence-corrected chi connectivity index (χ2v) is 8.62. The lowest BCUT2D eigenvalue weighted by atomic mass is 10.1. The van der Waals surface area contributed by atoms with Gasteiger partial charge in [0.2, 0.25) is 0 Å². The van der Waals surface area contributed by atoms with E-state index in [9.17, 15) is 19.2 Å². The van der Waals surface area contributed by atoms with Crippen molar-refractivity contribution in [1.29, 1.82) is 0 Å². The number of nitrogens with zero attached hydrogens (tertiary/aromatic N) is 1. The number of rotatable bonds is 6. The highest BCUT2D eigenvalue weighted by molar-refractivity contribution is 6.39. The Morgan fingerprint density at radius 1 is 1.03 bits per heavy atom. The number of urea groups is 1. The van der Waals surface area contributed by atoms with Crippen LogP contribution in [0.15, 0.2) is 72.3 Å². The number of carbonyl (C=O) groups is 4. The lowest BCUT2D eigenvalue weighted by Crippen LogP contribution is -2.54. The van der Waals surface area contributed by atoms with Crippen LogP contribution in [0.3, 0.4) is 0 Å².